The van der Waals surface area contributed by atoms with E-state index in [4.69, 9.17) is 11.6 Å². The molecule has 1 fully saturated rings. The Balaban J connectivity index is 2.02. The summed E-state index contributed by atoms with van der Waals surface area (Å²) in [4.78, 5) is 0. The molecule has 0 bridgehead atoms. The van der Waals surface area contributed by atoms with Crippen molar-refractivity contribution in [3.63, 3.8) is 0 Å². The predicted octanol–water partition coefficient (Wildman–Crippen LogP) is 3.80. The van der Waals surface area contributed by atoms with Crippen molar-refractivity contribution in [3.8, 4) is 0 Å². The van der Waals surface area contributed by atoms with E-state index in [9.17, 15) is 4.39 Å². The SMILES string of the molecule is CC(C)(CNC1CC1)Cc1c(F)cccc1Cl. The summed E-state index contributed by atoms with van der Waals surface area (Å²) in [5, 5.41) is 4.02. The van der Waals surface area contributed by atoms with E-state index in [2.05, 4.69) is 19.2 Å². The van der Waals surface area contributed by atoms with E-state index < -0.39 is 0 Å². The molecule has 0 aromatic heterocycles. The van der Waals surface area contributed by atoms with Crippen LogP contribution >= 0.6 is 11.6 Å². The number of benzene rings is 1. The van der Waals surface area contributed by atoms with Crippen molar-refractivity contribution in [3.05, 3.63) is 34.6 Å². The van der Waals surface area contributed by atoms with E-state index in [0.717, 1.165) is 6.54 Å². The van der Waals surface area contributed by atoms with Gasteiger partial charge < -0.3 is 5.32 Å². The number of rotatable bonds is 5. The topological polar surface area (TPSA) is 12.0 Å². The van der Waals surface area contributed by atoms with Crippen LogP contribution in [0.25, 0.3) is 0 Å². The van der Waals surface area contributed by atoms with E-state index in [0.29, 0.717) is 23.0 Å². The summed E-state index contributed by atoms with van der Waals surface area (Å²) in [5.41, 5.74) is 0.658. The van der Waals surface area contributed by atoms with Gasteiger partial charge in [-0.1, -0.05) is 31.5 Å². The molecule has 0 aliphatic heterocycles. The minimum atomic E-state index is -0.197. The van der Waals surface area contributed by atoms with Crippen LogP contribution < -0.4 is 5.32 Å². The predicted molar refractivity (Wildman–Crippen MR) is 69.9 cm³/mol. The van der Waals surface area contributed by atoms with Crippen LogP contribution in [0.15, 0.2) is 18.2 Å². The standard InChI is InChI=1S/C14H19ClFN/c1-14(2,9-17-10-6-7-10)8-11-12(15)4-3-5-13(11)16/h3-5,10,17H,6-9H2,1-2H3. The normalized spacial score (nSPS) is 16.2. The van der Waals surface area contributed by atoms with E-state index in [1.807, 2.05) is 0 Å². The molecule has 1 aromatic carbocycles. The first kappa shape index (κ1) is 12.8. The molecule has 0 unspecified atom stereocenters. The van der Waals surface area contributed by atoms with Gasteiger partial charge in [-0.2, -0.15) is 0 Å². The Labute approximate surface area is 107 Å². The molecular weight excluding hydrogens is 237 g/mol. The van der Waals surface area contributed by atoms with Gasteiger partial charge in [0.2, 0.25) is 0 Å². The molecule has 1 nitrogen and oxygen atoms in total. The summed E-state index contributed by atoms with van der Waals surface area (Å²) >= 11 is 6.05. The van der Waals surface area contributed by atoms with Crippen LogP contribution in [0.4, 0.5) is 4.39 Å². The van der Waals surface area contributed by atoms with Crippen LogP contribution in [0.1, 0.15) is 32.3 Å². The lowest BCUT2D eigenvalue weighted by atomic mass is 9.85. The molecular formula is C14H19ClFN. The van der Waals surface area contributed by atoms with Crippen molar-refractivity contribution < 1.29 is 4.39 Å². The van der Waals surface area contributed by atoms with Gasteiger partial charge in [-0.25, -0.2) is 4.39 Å². The molecule has 94 valence electrons. The quantitative estimate of drug-likeness (QED) is 0.844. The van der Waals surface area contributed by atoms with E-state index in [1.54, 1.807) is 12.1 Å². The third-order valence-corrected chi connectivity index (χ3v) is 3.52. The van der Waals surface area contributed by atoms with Gasteiger partial charge in [-0.05, 0) is 36.8 Å². The number of hydrogen-bond acceptors (Lipinski definition) is 1. The largest absolute Gasteiger partial charge is 0.313 e. The van der Waals surface area contributed by atoms with Crippen molar-refractivity contribution >= 4 is 11.6 Å². The lowest BCUT2D eigenvalue weighted by Gasteiger charge is -2.26. The van der Waals surface area contributed by atoms with Crippen molar-refractivity contribution in [1.29, 1.82) is 0 Å². The summed E-state index contributed by atoms with van der Waals surface area (Å²) in [6.45, 7) is 5.19. The number of hydrogen-bond donors (Lipinski definition) is 1. The zero-order valence-electron chi connectivity index (χ0n) is 10.4. The molecule has 1 N–H and O–H groups in total. The van der Waals surface area contributed by atoms with Crippen LogP contribution in [0.3, 0.4) is 0 Å². The highest BCUT2D eigenvalue weighted by atomic mass is 35.5. The Morgan fingerprint density at radius 1 is 1.41 bits per heavy atom. The molecule has 1 aliphatic rings. The molecule has 1 aromatic rings. The number of nitrogens with one attached hydrogen (secondary N) is 1. The summed E-state index contributed by atoms with van der Waals surface area (Å²) in [6.07, 6.45) is 3.21. The minimum Gasteiger partial charge on any atom is -0.313 e. The Kier molecular flexibility index (Phi) is 3.74. The fourth-order valence-corrected chi connectivity index (χ4v) is 2.18. The third-order valence-electron chi connectivity index (χ3n) is 3.16. The van der Waals surface area contributed by atoms with Crippen molar-refractivity contribution in [1.82, 2.24) is 5.32 Å². The molecule has 0 atom stereocenters. The fourth-order valence-electron chi connectivity index (χ4n) is 1.95. The van der Waals surface area contributed by atoms with Crippen molar-refractivity contribution in [2.24, 2.45) is 5.41 Å². The van der Waals surface area contributed by atoms with Crippen LogP contribution in [-0.4, -0.2) is 12.6 Å². The second-order valence-electron chi connectivity index (χ2n) is 5.70. The van der Waals surface area contributed by atoms with Gasteiger partial charge in [0.15, 0.2) is 0 Å². The summed E-state index contributed by atoms with van der Waals surface area (Å²) in [6, 6.07) is 5.57. The Bertz CT molecular complexity index is 379. The van der Waals surface area contributed by atoms with Gasteiger partial charge in [0, 0.05) is 23.2 Å². The highest BCUT2D eigenvalue weighted by molar-refractivity contribution is 6.31. The van der Waals surface area contributed by atoms with Gasteiger partial charge in [0.25, 0.3) is 0 Å². The molecule has 0 heterocycles. The van der Waals surface area contributed by atoms with Gasteiger partial charge in [-0.15, -0.1) is 0 Å². The highest BCUT2D eigenvalue weighted by Crippen LogP contribution is 2.29. The first-order valence-electron chi connectivity index (χ1n) is 6.14. The van der Waals surface area contributed by atoms with Crippen LogP contribution in [0.5, 0.6) is 0 Å². The van der Waals surface area contributed by atoms with Gasteiger partial charge in [0.1, 0.15) is 5.82 Å². The lowest BCUT2D eigenvalue weighted by Crippen LogP contribution is -2.32. The lowest BCUT2D eigenvalue weighted by molar-refractivity contribution is 0.332. The van der Waals surface area contributed by atoms with Crippen molar-refractivity contribution in [2.75, 3.05) is 6.54 Å². The van der Waals surface area contributed by atoms with E-state index >= 15 is 0 Å². The molecule has 0 saturated heterocycles. The zero-order valence-corrected chi connectivity index (χ0v) is 11.1. The van der Waals surface area contributed by atoms with E-state index in [-0.39, 0.29) is 11.2 Å². The molecule has 1 aliphatic carbocycles. The van der Waals surface area contributed by atoms with Crippen LogP contribution in [0, 0.1) is 11.2 Å². The monoisotopic (exact) mass is 255 g/mol. The maximum absolute atomic E-state index is 13.7. The Morgan fingerprint density at radius 2 is 2.12 bits per heavy atom. The van der Waals surface area contributed by atoms with Gasteiger partial charge in [-0.3, -0.25) is 0 Å². The third kappa shape index (κ3) is 3.68. The summed E-state index contributed by atoms with van der Waals surface area (Å²) in [7, 11) is 0. The maximum atomic E-state index is 13.7. The molecule has 3 heteroatoms. The molecule has 17 heavy (non-hydrogen) atoms. The molecule has 0 amide bonds. The van der Waals surface area contributed by atoms with E-state index in [1.165, 1.54) is 18.9 Å². The Hall–Kier alpha value is -0.600. The average Bonchev–Trinajstić information content (AvgIpc) is 3.05. The second kappa shape index (κ2) is 4.95. The highest BCUT2D eigenvalue weighted by Gasteiger charge is 2.26. The second-order valence-corrected chi connectivity index (χ2v) is 6.10. The van der Waals surface area contributed by atoms with Gasteiger partial charge >= 0.3 is 0 Å². The maximum Gasteiger partial charge on any atom is 0.127 e. The summed E-state index contributed by atoms with van der Waals surface area (Å²) in [5.74, 6) is -0.197. The first-order chi connectivity index (χ1) is 7.98. The first-order valence-corrected chi connectivity index (χ1v) is 6.52. The average molecular weight is 256 g/mol. The smallest absolute Gasteiger partial charge is 0.127 e. The molecule has 1 saturated carbocycles. The Morgan fingerprint density at radius 3 is 2.71 bits per heavy atom. The van der Waals surface area contributed by atoms with Crippen LogP contribution in [-0.2, 0) is 6.42 Å². The molecule has 0 spiro atoms. The van der Waals surface area contributed by atoms with Crippen molar-refractivity contribution in [2.45, 2.75) is 39.2 Å². The number of halogens is 2. The minimum absolute atomic E-state index is 0.0222. The van der Waals surface area contributed by atoms with Crippen LogP contribution in [0.2, 0.25) is 5.02 Å². The zero-order chi connectivity index (χ0) is 12.5. The molecule has 0 radical (unpaired) electrons. The van der Waals surface area contributed by atoms with Gasteiger partial charge in [0.05, 0.1) is 0 Å². The summed E-state index contributed by atoms with van der Waals surface area (Å²) < 4.78 is 13.7. The molecule has 2 rings (SSSR count). The fraction of sp³-hybridized carbons (Fsp3) is 0.571.